The summed E-state index contributed by atoms with van der Waals surface area (Å²) in [7, 11) is 0. The van der Waals surface area contributed by atoms with Gasteiger partial charge in [0.2, 0.25) is 0 Å². The minimum Gasteiger partial charge on any atom is -0.394 e. The van der Waals surface area contributed by atoms with E-state index >= 15 is 0 Å². The maximum atomic E-state index is 12.1. The van der Waals surface area contributed by atoms with Gasteiger partial charge in [-0.05, 0) is 26.3 Å². The van der Waals surface area contributed by atoms with Crippen molar-refractivity contribution in [1.82, 2.24) is 10.3 Å². The number of hydrogen-bond donors (Lipinski definition) is 2. The van der Waals surface area contributed by atoms with E-state index < -0.39 is 5.54 Å². The third-order valence-electron chi connectivity index (χ3n) is 2.96. The Morgan fingerprint density at radius 3 is 2.75 bits per heavy atom. The van der Waals surface area contributed by atoms with Crippen LogP contribution in [0.15, 0.2) is 29.6 Å². The summed E-state index contributed by atoms with van der Waals surface area (Å²) in [5.74, 6) is -0.264. The van der Waals surface area contributed by atoms with Crippen molar-refractivity contribution in [3.05, 3.63) is 40.9 Å². The van der Waals surface area contributed by atoms with Crippen LogP contribution in [0.2, 0.25) is 0 Å². The number of aliphatic hydroxyl groups is 1. The highest BCUT2D eigenvalue weighted by atomic mass is 32.1. The van der Waals surface area contributed by atoms with Gasteiger partial charge in [0.25, 0.3) is 5.91 Å². The normalized spacial score (nSPS) is 11.4. The summed E-state index contributed by atoms with van der Waals surface area (Å²) >= 11 is 1.44. The number of benzene rings is 1. The van der Waals surface area contributed by atoms with Gasteiger partial charge in [-0.15, -0.1) is 11.3 Å². The Bertz CT molecular complexity index is 620. The molecule has 0 atom stereocenters. The lowest BCUT2D eigenvalue weighted by molar-refractivity contribution is 0.0865. The van der Waals surface area contributed by atoms with Crippen LogP contribution in [0.5, 0.6) is 0 Å². The molecule has 0 aliphatic heterocycles. The van der Waals surface area contributed by atoms with Crippen molar-refractivity contribution in [2.24, 2.45) is 0 Å². The van der Waals surface area contributed by atoms with Crippen molar-refractivity contribution in [3.8, 4) is 10.6 Å². The van der Waals surface area contributed by atoms with E-state index in [2.05, 4.69) is 10.3 Å². The first-order chi connectivity index (χ1) is 9.43. The highest BCUT2D eigenvalue weighted by molar-refractivity contribution is 7.13. The van der Waals surface area contributed by atoms with Crippen LogP contribution in [-0.2, 0) is 0 Å². The maximum Gasteiger partial charge on any atom is 0.271 e. The Balaban J connectivity index is 2.22. The number of aryl methyl sites for hydroxylation is 1. The van der Waals surface area contributed by atoms with Gasteiger partial charge in [-0.2, -0.15) is 0 Å². The van der Waals surface area contributed by atoms with Gasteiger partial charge in [0.15, 0.2) is 0 Å². The third-order valence-corrected chi connectivity index (χ3v) is 3.84. The number of thiazole rings is 1. The first kappa shape index (κ1) is 14.7. The number of aromatic nitrogens is 1. The molecule has 106 valence electrons. The molecule has 4 nitrogen and oxygen atoms in total. The molecule has 0 unspecified atom stereocenters. The number of nitrogens with one attached hydrogen (secondary N) is 1. The Kier molecular flexibility index (Phi) is 4.20. The lowest BCUT2D eigenvalue weighted by Crippen LogP contribution is -2.46. The van der Waals surface area contributed by atoms with Crippen LogP contribution in [0.3, 0.4) is 0 Å². The van der Waals surface area contributed by atoms with Crippen molar-refractivity contribution in [2.75, 3.05) is 6.61 Å². The summed E-state index contributed by atoms with van der Waals surface area (Å²) in [6.07, 6.45) is 0. The molecule has 0 saturated heterocycles. The van der Waals surface area contributed by atoms with Crippen molar-refractivity contribution in [3.63, 3.8) is 0 Å². The van der Waals surface area contributed by atoms with Gasteiger partial charge in [-0.1, -0.05) is 24.3 Å². The molecule has 0 radical (unpaired) electrons. The molecule has 0 fully saturated rings. The van der Waals surface area contributed by atoms with Crippen molar-refractivity contribution in [2.45, 2.75) is 26.3 Å². The molecule has 5 heteroatoms. The fraction of sp³-hybridized carbons (Fsp3) is 0.333. The lowest BCUT2D eigenvalue weighted by Gasteiger charge is -2.22. The summed E-state index contributed by atoms with van der Waals surface area (Å²) in [4.78, 5) is 16.5. The van der Waals surface area contributed by atoms with Gasteiger partial charge in [0.05, 0.1) is 12.1 Å². The SMILES string of the molecule is Cc1ccccc1-c1nc(C(=O)NC(C)(C)CO)cs1. The third kappa shape index (κ3) is 3.23. The number of aliphatic hydroxyl groups excluding tert-OH is 1. The average molecular weight is 290 g/mol. The van der Waals surface area contributed by atoms with E-state index in [0.29, 0.717) is 5.69 Å². The second-order valence-corrected chi connectivity index (χ2v) is 6.21. The summed E-state index contributed by atoms with van der Waals surface area (Å²) < 4.78 is 0. The van der Waals surface area contributed by atoms with E-state index in [9.17, 15) is 9.90 Å². The van der Waals surface area contributed by atoms with E-state index in [-0.39, 0.29) is 12.5 Å². The van der Waals surface area contributed by atoms with Gasteiger partial charge in [-0.25, -0.2) is 4.98 Å². The van der Waals surface area contributed by atoms with E-state index in [1.807, 2.05) is 31.2 Å². The minimum atomic E-state index is -0.649. The highest BCUT2D eigenvalue weighted by Gasteiger charge is 2.21. The van der Waals surface area contributed by atoms with Crippen LogP contribution < -0.4 is 5.32 Å². The maximum absolute atomic E-state index is 12.1. The van der Waals surface area contributed by atoms with Crippen LogP contribution in [0.4, 0.5) is 0 Å². The molecule has 1 aromatic heterocycles. The number of amides is 1. The second kappa shape index (κ2) is 5.73. The summed E-state index contributed by atoms with van der Waals surface area (Å²) in [6, 6.07) is 7.95. The summed E-state index contributed by atoms with van der Waals surface area (Å²) in [5, 5.41) is 14.5. The quantitative estimate of drug-likeness (QED) is 0.910. The van der Waals surface area contributed by atoms with Crippen molar-refractivity contribution in [1.29, 1.82) is 0 Å². The molecule has 2 rings (SSSR count). The summed E-state index contributed by atoms with van der Waals surface area (Å²) in [6.45, 7) is 5.43. The molecule has 1 amide bonds. The Morgan fingerprint density at radius 2 is 2.10 bits per heavy atom. The fourth-order valence-corrected chi connectivity index (χ4v) is 2.62. The topological polar surface area (TPSA) is 62.2 Å². The average Bonchev–Trinajstić information content (AvgIpc) is 2.88. The van der Waals surface area contributed by atoms with E-state index in [1.54, 1.807) is 19.2 Å². The van der Waals surface area contributed by atoms with E-state index in [4.69, 9.17) is 0 Å². The zero-order valence-corrected chi connectivity index (χ0v) is 12.6. The number of hydrogen-bond acceptors (Lipinski definition) is 4. The Hall–Kier alpha value is -1.72. The monoisotopic (exact) mass is 290 g/mol. The fourth-order valence-electron chi connectivity index (χ4n) is 1.73. The predicted molar refractivity (Wildman–Crippen MR) is 80.9 cm³/mol. The molecule has 0 aliphatic rings. The van der Waals surface area contributed by atoms with Gasteiger partial charge >= 0.3 is 0 Å². The second-order valence-electron chi connectivity index (χ2n) is 5.35. The molecular weight excluding hydrogens is 272 g/mol. The van der Waals surface area contributed by atoms with Gasteiger partial charge in [0, 0.05) is 10.9 Å². The van der Waals surface area contributed by atoms with Crippen LogP contribution in [0, 0.1) is 6.92 Å². The van der Waals surface area contributed by atoms with Gasteiger partial charge in [0.1, 0.15) is 10.7 Å². The Morgan fingerprint density at radius 1 is 1.40 bits per heavy atom. The molecule has 0 spiro atoms. The Labute approximate surface area is 122 Å². The van der Waals surface area contributed by atoms with Crippen LogP contribution in [-0.4, -0.2) is 28.1 Å². The van der Waals surface area contributed by atoms with Crippen LogP contribution in [0.1, 0.15) is 29.9 Å². The first-order valence-electron chi connectivity index (χ1n) is 6.38. The highest BCUT2D eigenvalue weighted by Crippen LogP contribution is 2.26. The molecule has 0 aliphatic carbocycles. The van der Waals surface area contributed by atoms with Gasteiger partial charge in [-0.3, -0.25) is 4.79 Å². The molecular formula is C15H18N2O2S. The van der Waals surface area contributed by atoms with E-state index in [0.717, 1.165) is 16.1 Å². The molecule has 0 saturated carbocycles. The largest absolute Gasteiger partial charge is 0.394 e. The van der Waals surface area contributed by atoms with Crippen molar-refractivity contribution >= 4 is 17.2 Å². The summed E-state index contributed by atoms with van der Waals surface area (Å²) in [5.41, 5.74) is 1.90. The van der Waals surface area contributed by atoms with Gasteiger partial charge < -0.3 is 10.4 Å². The molecule has 1 aromatic carbocycles. The molecule has 1 heterocycles. The molecule has 20 heavy (non-hydrogen) atoms. The van der Waals surface area contributed by atoms with Crippen LogP contribution in [0.25, 0.3) is 10.6 Å². The number of carbonyl (C=O) groups excluding carboxylic acids is 1. The zero-order chi connectivity index (χ0) is 14.8. The standard InChI is InChI=1S/C15H18N2O2S/c1-10-6-4-5-7-11(10)14-16-12(8-20-14)13(19)17-15(2,3)9-18/h4-8,18H,9H2,1-3H3,(H,17,19). The van der Waals surface area contributed by atoms with E-state index in [1.165, 1.54) is 11.3 Å². The lowest BCUT2D eigenvalue weighted by atomic mass is 10.1. The minimum absolute atomic E-state index is 0.118. The molecule has 2 N–H and O–H groups in total. The number of nitrogens with zero attached hydrogens (tertiary/aromatic N) is 1. The predicted octanol–water partition coefficient (Wildman–Crippen LogP) is 2.62. The number of carbonyl (C=O) groups is 1. The molecule has 0 bridgehead atoms. The first-order valence-corrected chi connectivity index (χ1v) is 7.26. The van der Waals surface area contributed by atoms with Crippen molar-refractivity contribution < 1.29 is 9.90 Å². The zero-order valence-electron chi connectivity index (χ0n) is 11.8. The smallest absolute Gasteiger partial charge is 0.271 e. The van der Waals surface area contributed by atoms with Crippen LogP contribution >= 0.6 is 11.3 Å². The molecule has 2 aromatic rings. The number of rotatable bonds is 4.